The van der Waals surface area contributed by atoms with Crippen molar-refractivity contribution in [3.8, 4) is 5.75 Å². The molecule has 0 spiro atoms. The Balaban J connectivity index is 2.17. The highest BCUT2D eigenvalue weighted by Gasteiger charge is 2.10. The van der Waals surface area contributed by atoms with Crippen LogP contribution < -0.4 is 10.5 Å². The van der Waals surface area contributed by atoms with Crippen LogP contribution >= 0.6 is 11.6 Å². The van der Waals surface area contributed by atoms with Crippen LogP contribution in [0.1, 0.15) is 22.7 Å². The molecule has 2 rings (SSSR count). The molecular weight excluding hydrogens is 277 g/mol. The second kappa shape index (κ2) is 6.25. The van der Waals surface area contributed by atoms with E-state index in [9.17, 15) is 4.39 Å². The lowest BCUT2D eigenvalue weighted by Gasteiger charge is -2.14. The summed E-state index contributed by atoms with van der Waals surface area (Å²) in [5, 5.41) is 0.127. The van der Waals surface area contributed by atoms with Gasteiger partial charge in [-0.3, -0.25) is 0 Å². The van der Waals surface area contributed by atoms with E-state index < -0.39 is 5.82 Å². The first kappa shape index (κ1) is 14.8. The Morgan fingerprint density at radius 2 is 2.00 bits per heavy atom. The number of methoxy groups -OCH3 is 1. The van der Waals surface area contributed by atoms with Crippen LogP contribution in [0.3, 0.4) is 0 Å². The minimum Gasteiger partial charge on any atom is -0.496 e. The molecule has 2 N–H and O–H groups in total. The minimum absolute atomic E-state index is 0.127. The Morgan fingerprint density at radius 1 is 1.25 bits per heavy atom. The fourth-order valence-corrected chi connectivity index (χ4v) is 2.29. The number of benzene rings is 2. The van der Waals surface area contributed by atoms with Gasteiger partial charge < -0.3 is 10.5 Å². The van der Waals surface area contributed by atoms with Crippen LogP contribution in [0, 0.1) is 12.7 Å². The highest BCUT2D eigenvalue weighted by Crippen LogP contribution is 2.24. The summed E-state index contributed by atoms with van der Waals surface area (Å²) in [7, 11) is 1.64. The predicted molar refractivity (Wildman–Crippen MR) is 79.8 cm³/mol. The van der Waals surface area contributed by atoms with Gasteiger partial charge in [-0.15, -0.1) is 0 Å². The average Bonchev–Trinajstić information content (AvgIpc) is 2.42. The normalized spacial score (nSPS) is 12.2. The summed E-state index contributed by atoms with van der Waals surface area (Å²) in [6, 6.07) is 10.4. The molecule has 0 aliphatic heterocycles. The van der Waals surface area contributed by atoms with Gasteiger partial charge in [0, 0.05) is 6.04 Å². The third-order valence-electron chi connectivity index (χ3n) is 3.29. The van der Waals surface area contributed by atoms with Crippen LogP contribution in [0.5, 0.6) is 5.75 Å². The van der Waals surface area contributed by atoms with Crippen molar-refractivity contribution in [1.82, 2.24) is 0 Å². The molecule has 0 aliphatic rings. The zero-order valence-corrected chi connectivity index (χ0v) is 12.2. The summed E-state index contributed by atoms with van der Waals surface area (Å²) >= 11 is 5.67. The van der Waals surface area contributed by atoms with E-state index in [1.165, 1.54) is 6.07 Å². The highest BCUT2D eigenvalue weighted by atomic mass is 35.5. The lowest BCUT2D eigenvalue weighted by molar-refractivity contribution is 0.411. The molecular formula is C16H17ClFNO. The summed E-state index contributed by atoms with van der Waals surface area (Å²) in [5.74, 6) is 0.417. The third-order valence-corrected chi connectivity index (χ3v) is 3.59. The molecule has 0 saturated heterocycles. The maximum atomic E-state index is 13.4. The van der Waals surface area contributed by atoms with E-state index in [2.05, 4.69) is 0 Å². The van der Waals surface area contributed by atoms with Gasteiger partial charge >= 0.3 is 0 Å². The molecule has 4 heteroatoms. The van der Waals surface area contributed by atoms with Crippen molar-refractivity contribution < 1.29 is 9.13 Å². The minimum atomic E-state index is -0.415. The fourth-order valence-electron chi connectivity index (χ4n) is 2.17. The maximum absolute atomic E-state index is 13.4. The third kappa shape index (κ3) is 3.30. The van der Waals surface area contributed by atoms with E-state index in [1.807, 2.05) is 25.1 Å². The number of hydrogen-bond acceptors (Lipinski definition) is 2. The molecule has 0 fully saturated rings. The van der Waals surface area contributed by atoms with Crippen LogP contribution in [0.4, 0.5) is 4.39 Å². The Labute approximate surface area is 123 Å². The van der Waals surface area contributed by atoms with Gasteiger partial charge in [0.05, 0.1) is 12.1 Å². The second-order valence-corrected chi connectivity index (χ2v) is 5.20. The summed E-state index contributed by atoms with van der Waals surface area (Å²) in [6.07, 6.45) is 0.555. The average molecular weight is 294 g/mol. The summed E-state index contributed by atoms with van der Waals surface area (Å²) in [5.41, 5.74) is 9.04. The molecule has 0 amide bonds. The first-order valence-electron chi connectivity index (χ1n) is 6.35. The van der Waals surface area contributed by atoms with Gasteiger partial charge in [-0.1, -0.05) is 29.8 Å². The van der Waals surface area contributed by atoms with Gasteiger partial charge in [0.15, 0.2) is 0 Å². The molecule has 2 aromatic carbocycles. The van der Waals surface area contributed by atoms with E-state index >= 15 is 0 Å². The molecule has 0 radical (unpaired) electrons. The Kier molecular flexibility index (Phi) is 4.63. The second-order valence-electron chi connectivity index (χ2n) is 4.79. The maximum Gasteiger partial charge on any atom is 0.142 e. The number of nitrogens with two attached hydrogens (primary N) is 1. The number of ether oxygens (including phenoxy) is 1. The molecule has 20 heavy (non-hydrogen) atoms. The van der Waals surface area contributed by atoms with E-state index in [4.69, 9.17) is 22.1 Å². The van der Waals surface area contributed by atoms with Crippen molar-refractivity contribution in [2.24, 2.45) is 5.73 Å². The zero-order valence-electron chi connectivity index (χ0n) is 11.5. The molecule has 1 unspecified atom stereocenters. The van der Waals surface area contributed by atoms with Gasteiger partial charge in [-0.25, -0.2) is 4.39 Å². The Hall–Kier alpha value is -1.58. The number of hydrogen-bond donors (Lipinski definition) is 1. The van der Waals surface area contributed by atoms with Crippen molar-refractivity contribution in [3.05, 3.63) is 63.9 Å². The molecule has 0 aromatic heterocycles. The van der Waals surface area contributed by atoms with E-state index in [-0.39, 0.29) is 11.1 Å². The van der Waals surface area contributed by atoms with Gasteiger partial charge in [-0.05, 0) is 48.2 Å². The molecule has 0 heterocycles. The quantitative estimate of drug-likeness (QED) is 0.923. The smallest absolute Gasteiger partial charge is 0.142 e. The van der Waals surface area contributed by atoms with E-state index in [1.54, 1.807) is 19.2 Å². The molecule has 0 saturated carbocycles. The van der Waals surface area contributed by atoms with Crippen molar-refractivity contribution >= 4 is 11.6 Å². The van der Waals surface area contributed by atoms with Crippen molar-refractivity contribution in [2.75, 3.05) is 7.11 Å². The monoisotopic (exact) mass is 293 g/mol. The summed E-state index contributed by atoms with van der Waals surface area (Å²) in [4.78, 5) is 0. The van der Waals surface area contributed by atoms with Gasteiger partial charge in [-0.2, -0.15) is 0 Å². The lowest BCUT2D eigenvalue weighted by Crippen LogP contribution is -2.13. The van der Waals surface area contributed by atoms with Crippen molar-refractivity contribution in [1.29, 1.82) is 0 Å². The highest BCUT2D eigenvalue weighted by molar-refractivity contribution is 6.30. The zero-order chi connectivity index (χ0) is 14.7. The Morgan fingerprint density at radius 3 is 2.60 bits per heavy atom. The molecule has 0 aliphatic carbocycles. The first-order chi connectivity index (χ1) is 9.51. The van der Waals surface area contributed by atoms with Crippen molar-refractivity contribution in [3.63, 3.8) is 0 Å². The fraction of sp³-hybridized carbons (Fsp3) is 0.250. The Bertz CT molecular complexity index is 615. The predicted octanol–water partition coefficient (Wildman–Crippen LogP) is 4.04. The van der Waals surface area contributed by atoms with Crippen LogP contribution in [0.2, 0.25) is 5.02 Å². The van der Waals surface area contributed by atoms with Gasteiger partial charge in [0.2, 0.25) is 0 Å². The van der Waals surface area contributed by atoms with Crippen LogP contribution in [0.25, 0.3) is 0 Å². The number of halogens is 2. The molecule has 106 valence electrons. The molecule has 2 aromatic rings. The van der Waals surface area contributed by atoms with Crippen LogP contribution in [-0.2, 0) is 6.42 Å². The number of rotatable bonds is 4. The SMILES string of the molecule is COc1ccc(C(N)Cc2ccc(Cl)c(F)c2)cc1C. The van der Waals surface area contributed by atoms with E-state index in [0.717, 1.165) is 22.4 Å². The molecule has 2 nitrogen and oxygen atoms in total. The van der Waals surface area contributed by atoms with Gasteiger partial charge in [0.25, 0.3) is 0 Å². The summed E-state index contributed by atoms with van der Waals surface area (Å²) < 4.78 is 18.6. The molecule has 0 bridgehead atoms. The van der Waals surface area contributed by atoms with Crippen LogP contribution in [0.15, 0.2) is 36.4 Å². The topological polar surface area (TPSA) is 35.2 Å². The van der Waals surface area contributed by atoms with E-state index in [0.29, 0.717) is 6.42 Å². The first-order valence-corrected chi connectivity index (χ1v) is 6.73. The largest absolute Gasteiger partial charge is 0.496 e. The van der Waals surface area contributed by atoms with Crippen molar-refractivity contribution in [2.45, 2.75) is 19.4 Å². The standard InChI is InChI=1S/C16H17ClFNO/c1-10-7-12(4-6-16(10)20-2)15(19)9-11-3-5-13(17)14(18)8-11/h3-8,15H,9,19H2,1-2H3. The van der Waals surface area contributed by atoms with Crippen LogP contribution in [-0.4, -0.2) is 7.11 Å². The number of aryl methyl sites for hydroxylation is 1. The lowest BCUT2D eigenvalue weighted by atomic mass is 9.98. The molecule has 1 atom stereocenters. The van der Waals surface area contributed by atoms with Gasteiger partial charge in [0.1, 0.15) is 11.6 Å². The summed E-state index contributed by atoms with van der Waals surface area (Å²) in [6.45, 7) is 1.97.